The Morgan fingerprint density at radius 3 is 2.19 bits per heavy atom. The van der Waals surface area contributed by atoms with E-state index in [9.17, 15) is 14.4 Å². The van der Waals surface area contributed by atoms with Crippen molar-refractivity contribution in [3.63, 3.8) is 0 Å². The molecule has 0 saturated heterocycles. The maximum atomic E-state index is 11.9. The number of hydrogen-bond acceptors (Lipinski definition) is 3. The minimum Gasteiger partial charge on any atom is -0.481 e. The van der Waals surface area contributed by atoms with Crippen LogP contribution in [-0.2, 0) is 9.59 Å². The van der Waals surface area contributed by atoms with Crippen LogP contribution >= 0.6 is 0 Å². The van der Waals surface area contributed by atoms with Gasteiger partial charge in [-0.1, -0.05) is 29.8 Å². The summed E-state index contributed by atoms with van der Waals surface area (Å²) in [5.74, 6) is -1.38. The molecule has 21 heavy (non-hydrogen) atoms. The summed E-state index contributed by atoms with van der Waals surface area (Å²) in [6, 6.07) is 7.18. The number of rotatable bonds is 7. The van der Waals surface area contributed by atoms with Gasteiger partial charge in [0, 0.05) is 24.9 Å². The predicted octanol–water partition coefficient (Wildman–Crippen LogP) is 2.18. The summed E-state index contributed by atoms with van der Waals surface area (Å²) in [7, 11) is 0. The van der Waals surface area contributed by atoms with Gasteiger partial charge in [-0.15, -0.1) is 0 Å². The van der Waals surface area contributed by atoms with Crippen molar-refractivity contribution in [2.24, 2.45) is 5.41 Å². The van der Waals surface area contributed by atoms with Crippen LogP contribution in [0.1, 0.15) is 42.6 Å². The van der Waals surface area contributed by atoms with Crippen LogP contribution in [0.15, 0.2) is 24.3 Å². The lowest BCUT2D eigenvalue weighted by molar-refractivity contribution is -0.146. The lowest BCUT2D eigenvalue weighted by Crippen LogP contribution is -2.38. The molecule has 0 fully saturated rings. The van der Waals surface area contributed by atoms with Gasteiger partial charge in [-0.25, -0.2) is 0 Å². The van der Waals surface area contributed by atoms with Crippen molar-refractivity contribution in [3.05, 3.63) is 35.4 Å². The average molecular weight is 291 g/mol. The molecule has 1 aromatic rings. The zero-order chi connectivity index (χ0) is 16.0. The fourth-order valence-corrected chi connectivity index (χ4v) is 1.59. The molecule has 0 unspecified atom stereocenters. The van der Waals surface area contributed by atoms with Gasteiger partial charge in [-0.3, -0.25) is 14.4 Å². The molecular weight excluding hydrogens is 270 g/mol. The molecule has 0 spiro atoms. The molecule has 0 heterocycles. The van der Waals surface area contributed by atoms with Gasteiger partial charge in [0.05, 0.1) is 5.41 Å². The van der Waals surface area contributed by atoms with Crippen molar-refractivity contribution < 1.29 is 19.5 Å². The molecule has 2 N–H and O–H groups in total. The third kappa shape index (κ3) is 5.38. The Hall–Kier alpha value is -2.17. The molecule has 0 aliphatic heterocycles. The number of carbonyl (C=O) groups is 3. The number of carboxylic acid groups (broad SMARTS) is 1. The van der Waals surface area contributed by atoms with Gasteiger partial charge >= 0.3 is 5.97 Å². The molecule has 114 valence electrons. The molecule has 0 radical (unpaired) electrons. The van der Waals surface area contributed by atoms with Crippen LogP contribution in [0.25, 0.3) is 0 Å². The second-order valence-corrected chi connectivity index (χ2v) is 5.75. The molecule has 0 aliphatic rings. The number of benzene rings is 1. The van der Waals surface area contributed by atoms with Gasteiger partial charge in [0.2, 0.25) is 5.91 Å². The average Bonchev–Trinajstić information content (AvgIpc) is 2.43. The Bertz CT molecular complexity index is 532. The van der Waals surface area contributed by atoms with Gasteiger partial charge in [0.1, 0.15) is 0 Å². The highest BCUT2D eigenvalue weighted by Gasteiger charge is 2.27. The van der Waals surface area contributed by atoms with Crippen molar-refractivity contribution >= 4 is 17.7 Å². The maximum absolute atomic E-state index is 11.9. The molecule has 1 aromatic carbocycles. The van der Waals surface area contributed by atoms with E-state index < -0.39 is 11.4 Å². The molecule has 0 aliphatic carbocycles. The van der Waals surface area contributed by atoms with Crippen LogP contribution in [0.3, 0.4) is 0 Å². The van der Waals surface area contributed by atoms with Crippen molar-refractivity contribution in [1.29, 1.82) is 0 Å². The molecule has 5 heteroatoms. The van der Waals surface area contributed by atoms with E-state index in [2.05, 4.69) is 5.32 Å². The summed E-state index contributed by atoms with van der Waals surface area (Å²) < 4.78 is 0. The number of aryl methyl sites for hydroxylation is 1. The first kappa shape index (κ1) is 16.9. The maximum Gasteiger partial charge on any atom is 0.310 e. The number of carbonyl (C=O) groups excluding carboxylic acids is 2. The topological polar surface area (TPSA) is 83.5 Å². The van der Waals surface area contributed by atoms with E-state index in [1.807, 2.05) is 19.1 Å². The quantitative estimate of drug-likeness (QED) is 0.754. The molecule has 0 bridgehead atoms. The second kappa shape index (κ2) is 7.02. The van der Waals surface area contributed by atoms with E-state index in [1.54, 1.807) is 12.1 Å². The monoisotopic (exact) mass is 291 g/mol. The lowest BCUT2D eigenvalue weighted by atomic mass is 9.94. The minimum absolute atomic E-state index is 0.0416. The van der Waals surface area contributed by atoms with Gasteiger partial charge in [-0.05, 0) is 20.8 Å². The van der Waals surface area contributed by atoms with E-state index in [0.29, 0.717) is 5.56 Å². The second-order valence-electron chi connectivity index (χ2n) is 5.75. The van der Waals surface area contributed by atoms with Crippen molar-refractivity contribution in [2.75, 3.05) is 6.54 Å². The Morgan fingerprint density at radius 2 is 1.67 bits per heavy atom. The highest BCUT2D eigenvalue weighted by Crippen LogP contribution is 2.13. The van der Waals surface area contributed by atoms with Gasteiger partial charge in [-0.2, -0.15) is 0 Å². The van der Waals surface area contributed by atoms with Gasteiger partial charge in [0.15, 0.2) is 5.78 Å². The zero-order valence-electron chi connectivity index (χ0n) is 12.6. The molecular formula is C16H21NO4. The highest BCUT2D eigenvalue weighted by atomic mass is 16.4. The van der Waals surface area contributed by atoms with Crippen molar-refractivity contribution in [3.8, 4) is 0 Å². The van der Waals surface area contributed by atoms with E-state index in [0.717, 1.165) is 5.56 Å². The summed E-state index contributed by atoms with van der Waals surface area (Å²) >= 11 is 0. The van der Waals surface area contributed by atoms with Crippen LogP contribution in [0.4, 0.5) is 0 Å². The van der Waals surface area contributed by atoms with Crippen LogP contribution in [-0.4, -0.2) is 29.3 Å². The van der Waals surface area contributed by atoms with Gasteiger partial charge in [0.25, 0.3) is 0 Å². The van der Waals surface area contributed by atoms with E-state index in [-0.39, 0.29) is 31.1 Å². The van der Waals surface area contributed by atoms with Crippen LogP contribution in [0.2, 0.25) is 0 Å². The first-order valence-corrected chi connectivity index (χ1v) is 6.82. The summed E-state index contributed by atoms with van der Waals surface area (Å²) in [5.41, 5.74) is 0.635. The fraction of sp³-hybridized carbons (Fsp3) is 0.438. The summed E-state index contributed by atoms with van der Waals surface area (Å²) in [6.07, 6.45) is 0.171. The standard InChI is InChI=1S/C16H21NO4/c1-11-4-6-12(7-5-11)13(18)8-9-14(19)17-10-16(2,3)15(20)21/h4-7H,8-10H2,1-3H3,(H,17,19)(H,20,21). The molecule has 0 aromatic heterocycles. The van der Waals surface area contributed by atoms with Crippen LogP contribution in [0.5, 0.6) is 0 Å². The van der Waals surface area contributed by atoms with Crippen molar-refractivity contribution in [1.82, 2.24) is 5.32 Å². The molecule has 0 atom stereocenters. The number of Topliss-reactive ketones (excluding diaryl/α,β-unsaturated/α-hetero) is 1. The van der Waals surface area contributed by atoms with E-state index in [4.69, 9.17) is 5.11 Å². The SMILES string of the molecule is Cc1ccc(C(=O)CCC(=O)NCC(C)(C)C(=O)O)cc1. The Morgan fingerprint density at radius 1 is 1.10 bits per heavy atom. The summed E-state index contributed by atoms with van der Waals surface area (Å²) in [5, 5.41) is 11.5. The molecule has 0 saturated carbocycles. The van der Waals surface area contributed by atoms with Crippen molar-refractivity contribution in [2.45, 2.75) is 33.6 Å². The van der Waals surface area contributed by atoms with E-state index in [1.165, 1.54) is 13.8 Å². The lowest BCUT2D eigenvalue weighted by Gasteiger charge is -2.19. The minimum atomic E-state index is -1.02. The number of ketones is 1. The highest BCUT2D eigenvalue weighted by molar-refractivity contribution is 5.98. The summed E-state index contributed by atoms with van der Waals surface area (Å²) in [4.78, 5) is 34.4. The van der Waals surface area contributed by atoms with Gasteiger partial charge < -0.3 is 10.4 Å². The number of aliphatic carboxylic acids is 1. The smallest absolute Gasteiger partial charge is 0.310 e. The van der Waals surface area contributed by atoms with Crippen LogP contribution < -0.4 is 5.32 Å². The van der Waals surface area contributed by atoms with Crippen LogP contribution in [0, 0.1) is 12.3 Å². The predicted molar refractivity (Wildman–Crippen MR) is 79.2 cm³/mol. The number of amides is 1. The fourth-order valence-electron chi connectivity index (χ4n) is 1.59. The Balaban J connectivity index is 2.41. The number of hydrogen-bond donors (Lipinski definition) is 2. The largest absolute Gasteiger partial charge is 0.481 e. The summed E-state index contributed by atoms with van der Waals surface area (Å²) in [6.45, 7) is 5.05. The Labute approximate surface area is 124 Å². The molecule has 1 amide bonds. The third-order valence-electron chi connectivity index (χ3n) is 3.26. The number of carboxylic acids is 1. The zero-order valence-corrected chi connectivity index (χ0v) is 12.6. The normalized spacial score (nSPS) is 11.0. The first-order chi connectivity index (χ1) is 9.72. The Kier molecular flexibility index (Phi) is 5.64. The number of nitrogens with one attached hydrogen (secondary N) is 1. The molecule has 1 rings (SSSR count). The third-order valence-corrected chi connectivity index (χ3v) is 3.26. The van der Waals surface area contributed by atoms with E-state index >= 15 is 0 Å². The molecule has 5 nitrogen and oxygen atoms in total. The first-order valence-electron chi connectivity index (χ1n) is 6.82.